The summed E-state index contributed by atoms with van der Waals surface area (Å²) in [4.78, 5) is 8.73. The molecule has 0 aliphatic carbocycles. The molecule has 0 fully saturated rings. The maximum absolute atomic E-state index is 4.62. The average molecular weight is 395 g/mol. The van der Waals surface area contributed by atoms with E-state index >= 15 is 0 Å². The van der Waals surface area contributed by atoms with Crippen LogP contribution in [0.25, 0.3) is 17.1 Å². The van der Waals surface area contributed by atoms with Gasteiger partial charge in [-0.1, -0.05) is 32.0 Å². The number of pyridine rings is 1. The Bertz CT molecular complexity index is 1060. The second kappa shape index (κ2) is 7.58. The molecule has 0 aliphatic heterocycles. The third kappa shape index (κ3) is 3.63. The van der Waals surface area contributed by atoms with Crippen LogP contribution in [0, 0.1) is 6.92 Å². The second-order valence-corrected chi connectivity index (χ2v) is 8.31. The van der Waals surface area contributed by atoms with Crippen molar-refractivity contribution >= 4 is 23.3 Å². The number of aryl methyl sites for hydroxylation is 1. The first-order chi connectivity index (χ1) is 13.1. The molecule has 0 unspecified atom stereocenters. The Labute approximate surface area is 165 Å². The van der Waals surface area contributed by atoms with E-state index in [1.165, 1.54) is 23.3 Å². The fraction of sp³-hybridized carbons (Fsp3) is 0.211. The Morgan fingerprint density at radius 1 is 1.04 bits per heavy atom. The summed E-state index contributed by atoms with van der Waals surface area (Å²) in [6, 6.07) is 12.1. The predicted molar refractivity (Wildman–Crippen MR) is 107 cm³/mol. The number of hydrogen-bond donors (Lipinski definition) is 0. The summed E-state index contributed by atoms with van der Waals surface area (Å²) in [6.07, 6.45) is 3.53. The van der Waals surface area contributed by atoms with Gasteiger partial charge in [-0.15, -0.1) is 10.2 Å². The van der Waals surface area contributed by atoms with E-state index in [1.54, 1.807) is 12.4 Å². The third-order valence-electron chi connectivity index (χ3n) is 4.05. The van der Waals surface area contributed by atoms with Crippen LogP contribution in [-0.2, 0) is 0 Å². The zero-order valence-corrected chi connectivity index (χ0v) is 16.8. The monoisotopic (exact) mass is 394 g/mol. The normalized spacial score (nSPS) is 11.3. The van der Waals surface area contributed by atoms with Gasteiger partial charge in [-0.3, -0.25) is 9.55 Å². The molecule has 0 amide bonds. The quantitative estimate of drug-likeness (QED) is 0.486. The summed E-state index contributed by atoms with van der Waals surface area (Å²) in [5.74, 6) is 1.94. The maximum atomic E-state index is 4.62. The molecule has 0 atom stereocenters. The van der Waals surface area contributed by atoms with Crippen molar-refractivity contribution in [2.45, 2.75) is 36.2 Å². The molecule has 0 aliphatic rings. The summed E-state index contributed by atoms with van der Waals surface area (Å²) < 4.78 is 7.38. The maximum Gasteiger partial charge on any atom is 0.203 e. The molecule has 4 rings (SSSR count). The van der Waals surface area contributed by atoms with Crippen molar-refractivity contribution in [1.82, 2.24) is 29.1 Å². The van der Waals surface area contributed by atoms with Gasteiger partial charge >= 0.3 is 0 Å². The summed E-state index contributed by atoms with van der Waals surface area (Å²) in [5, 5.41) is 9.68. The summed E-state index contributed by atoms with van der Waals surface area (Å²) in [7, 11) is 0. The number of para-hydroxylation sites is 1. The first-order valence-electron chi connectivity index (χ1n) is 8.56. The molecule has 0 bridgehead atoms. The zero-order valence-electron chi connectivity index (χ0n) is 15.2. The van der Waals surface area contributed by atoms with E-state index < -0.39 is 0 Å². The first kappa shape index (κ1) is 17.8. The highest BCUT2D eigenvalue weighted by atomic mass is 32.2. The van der Waals surface area contributed by atoms with Crippen molar-refractivity contribution in [2.75, 3.05) is 0 Å². The van der Waals surface area contributed by atoms with Crippen molar-refractivity contribution in [1.29, 1.82) is 0 Å². The fourth-order valence-corrected chi connectivity index (χ4v) is 4.32. The van der Waals surface area contributed by atoms with Gasteiger partial charge in [-0.2, -0.15) is 4.37 Å². The van der Waals surface area contributed by atoms with Crippen LogP contribution in [0.3, 0.4) is 0 Å². The van der Waals surface area contributed by atoms with Crippen molar-refractivity contribution in [2.24, 2.45) is 0 Å². The van der Waals surface area contributed by atoms with E-state index in [2.05, 4.69) is 62.0 Å². The highest BCUT2D eigenvalue weighted by Crippen LogP contribution is 2.34. The molecular weight excluding hydrogens is 376 g/mol. The molecule has 3 aromatic heterocycles. The average Bonchev–Trinajstić information content (AvgIpc) is 3.31. The molecule has 0 N–H and O–H groups in total. The lowest BCUT2D eigenvalue weighted by Crippen LogP contribution is -2.01. The minimum atomic E-state index is 0.303. The molecule has 0 radical (unpaired) electrons. The molecule has 0 saturated carbocycles. The van der Waals surface area contributed by atoms with Crippen molar-refractivity contribution < 1.29 is 0 Å². The highest BCUT2D eigenvalue weighted by Gasteiger charge is 2.19. The second-order valence-electron chi connectivity index (χ2n) is 6.34. The first-order valence-corrected chi connectivity index (χ1v) is 10.2. The Hall–Kier alpha value is -2.58. The van der Waals surface area contributed by atoms with Crippen molar-refractivity contribution in [3.63, 3.8) is 0 Å². The van der Waals surface area contributed by atoms with Crippen LogP contribution in [0.1, 0.15) is 31.2 Å². The Kier molecular flexibility index (Phi) is 5.00. The van der Waals surface area contributed by atoms with Crippen LogP contribution in [0.2, 0.25) is 0 Å². The van der Waals surface area contributed by atoms with Crippen LogP contribution in [0.5, 0.6) is 0 Å². The number of benzene rings is 1. The number of nitrogens with zero attached hydrogens (tertiary/aromatic N) is 6. The van der Waals surface area contributed by atoms with Gasteiger partial charge in [-0.25, -0.2) is 4.98 Å². The standard InChI is InChI=1S/C19H18N6S2/c1-12(2)16-21-19(27-24-16)26-18-23-22-17(14-8-10-20-11-9-14)25(18)15-7-5-4-6-13(15)3/h4-12H,1-3H3. The van der Waals surface area contributed by atoms with Crippen LogP contribution in [0.4, 0.5) is 0 Å². The molecule has 8 heteroatoms. The van der Waals surface area contributed by atoms with E-state index in [0.29, 0.717) is 5.92 Å². The predicted octanol–water partition coefficient (Wildman–Crippen LogP) is 4.76. The molecular formula is C19H18N6S2. The summed E-state index contributed by atoms with van der Waals surface area (Å²) >= 11 is 2.89. The minimum absolute atomic E-state index is 0.303. The minimum Gasteiger partial charge on any atom is -0.269 e. The third-order valence-corrected chi connectivity index (χ3v) is 5.76. The largest absolute Gasteiger partial charge is 0.269 e. The van der Waals surface area contributed by atoms with Gasteiger partial charge in [0.15, 0.2) is 10.2 Å². The number of hydrogen-bond acceptors (Lipinski definition) is 7. The van der Waals surface area contributed by atoms with E-state index in [9.17, 15) is 0 Å². The summed E-state index contributed by atoms with van der Waals surface area (Å²) in [5.41, 5.74) is 3.16. The Balaban J connectivity index is 1.82. The van der Waals surface area contributed by atoms with Gasteiger partial charge in [0.2, 0.25) is 5.16 Å². The molecule has 4 aromatic rings. The zero-order chi connectivity index (χ0) is 18.8. The van der Waals surface area contributed by atoms with Gasteiger partial charge in [0, 0.05) is 23.9 Å². The lowest BCUT2D eigenvalue weighted by atomic mass is 10.2. The molecule has 6 nitrogen and oxygen atoms in total. The van der Waals surface area contributed by atoms with Crippen molar-refractivity contribution in [3.05, 3.63) is 60.2 Å². The molecule has 0 spiro atoms. The van der Waals surface area contributed by atoms with Crippen LogP contribution < -0.4 is 0 Å². The fourth-order valence-electron chi connectivity index (χ4n) is 2.63. The van der Waals surface area contributed by atoms with E-state index in [1.807, 2.05) is 24.3 Å². The Morgan fingerprint density at radius 3 is 2.52 bits per heavy atom. The molecule has 1 aromatic carbocycles. The van der Waals surface area contributed by atoms with E-state index in [0.717, 1.165) is 38.0 Å². The van der Waals surface area contributed by atoms with E-state index in [-0.39, 0.29) is 0 Å². The SMILES string of the molecule is Cc1ccccc1-n1c(Sc2nc(C(C)C)ns2)nnc1-c1ccncc1. The Morgan fingerprint density at radius 2 is 1.81 bits per heavy atom. The topological polar surface area (TPSA) is 69.4 Å². The van der Waals surface area contributed by atoms with Gasteiger partial charge < -0.3 is 0 Å². The van der Waals surface area contributed by atoms with Gasteiger partial charge in [0.25, 0.3) is 0 Å². The lowest BCUT2D eigenvalue weighted by molar-refractivity contribution is 0.788. The van der Waals surface area contributed by atoms with Gasteiger partial charge in [0.1, 0.15) is 5.82 Å². The smallest absolute Gasteiger partial charge is 0.203 e. The molecule has 27 heavy (non-hydrogen) atoms. The van der Waals surface area contributed by atoms with Crippen LogP contribution in [-0.4, -0.2) is 29.1 Å². The van der Waals surface area contributed by atoms with Crippen LogP contribution >= 0.6 is 23.3 Å². The molecule has 136 valence electrons. The summed E-state index contributed by atoms with van der Waals surface area (Å²) in [6.45, 7) is 6.27. The van der Waals surface area contributed by atoms with Gasteiger partial charge in [0.05, 0.1) is 5.69 Å². The number of rotatable bonds is 5. The van der Waals surface area contributed by atoms with Crippen molar-refractivity contribution in [3.8, 4) is 17.1 Å². The number of aromatic nitrogens is 6. The van der Waals surface area contributed by atoms with E-state index in [4.69, 9.17) is 0 Å². The van der Waals surface area contributed by atoms with Crippen LogP contribution in [0.15, 0.2) is 58.3 Å². The van der Waals surface area contributed by atoms with Gasteiger partial charge in [-0.05, 0) is 54.0 Å². The lowest BCUT2D eigenvalue weighted by Gasteiger charge is -2.12. The molecule has 0 saturated heterocycles. The molecule has 3 heterocycles. The highest BCUT2D eigenvalue weighted by molar-refractivity contribution is 8.00.